The number of nitrogens with one attached hydrogen (secondary N) is 1. The summed E-state index contributed by atoms with van der Waals surface area (Å²) in [6.45, 7) is 0.441. The Labute approximate surface area is 132 Å². The quantitative estimate of drug-likeness (QED) is 0.717. The molecular formula is C14H9BrClNO2S. The van der Waals surface area contributed by atoms with Crippen molar-refractivity contribution in [3.63, 3.8) is 0 Å². The summed E-state index contributed by atoms with van der Waals surface area (Å²) in [6, 6.07) is 11.1. The average molecular weight is 371 g/mol. The molecule has 20 heavy (non-hydrogen) atoms. The van der Waals surface area contributed by atoms with Crippen molar-refractivity contribution in [1.29, 1.82) is 0 Å². The Kier molecular flexibility index (Phi) is 3.83. The Hall–Kier alpha value is -1.30. The molecule has 6 heteroatoms. The number of fused-ring (bicyclic) bond motifs is 1. The van der Waals surface area contributed by atoms with E-state index in [-0.39, 0.29) is 5.91 Å². The van der Waals surface area contributed by atoms with Gasteiger partial charge in [-0.15, -0.1) is 11.3 Å². The molecule has 0 saturated carbocycles. The molecule has 1 N–H and O–H groups in total. The average Bonchev–Trinajstić information content (AvgIpc) is 3.01. The van der Waals surface area contributed by atoms with Crippen LogP contribution < -0.4 is 5.32 Å². The molecule has 0 saturated heterocycles. The van der Waals surface area contributed by atoms with Crippen LogP contribution >= 0.6 is 38.9 Å². The second-order valence-electron chi connectivity index (χ2n) is 4.18. The highest BCUT2D eigenvalue weighted by Gasteiger charge is 2.12. The maximum absolute atomic E-state index is 12.0. The first kappa shape index (κ1) is 13.7. The highest BCUT2D eigenvalue weighted by atomic mass is 79.9. The van der Waals surface area contributed by atoms with E-state index in [0.717, 1.165) is 14.7 Å². The van der Waals surface area contributed by atoms with E-state index in [0.29, 0.717) is 22.2 Å². The van der Waals surface area contributed by atoms with E-state index >= 15 is 0 Å². The smallest absolute Gasteiger partial charge is 0.287 e. The monoisotopic (exact) mass is 369 g/mol. The van der Waals surface area contributed by atoms with Gasteiger partial charge < -0.3 is 9.73 Å². The lowest BCUT2D eigenvalue weighted by molar-refractivity contribution is 0.0926. The van der Waals surface area contributed by atoms with Crippen LogP contribution in [0.3, 0.4) is 0 Å². The Morgan fingerprint density at radius 1 is 1.30 bits per heavy atom. The second kappa shape index (κ2) is 5.60. The Morgan fingerprint density at radius 2 is 2.15 bits per heavy atom. The van der Waals surface area contributed by atoms with E-state index in [9.17, 15) is 4.79 Å². The van der Waals surface area contributed by atoms with Gasteiger partial charge >= 0.3 is 0 Å². The summed E-state index contributed by atoms with van der Waals surface area (Å²) < 4.78 is 7.18. The molecule has 2 aromatic heterocycles. The van der Waals surface area contributed by atoms with Gasteiger partial charge in [-0.2, -0.15) is 0 Å². The van der Waals surface area contributed by atoms with Crippen LogP contribution in [0.25, 0.3) is 11.0 Å². The van der Waals surface area contributed by atoms with Crippen LogP contribution in [0.15, 0.2) is 45.3 Å². The zero-order valence-corrected chi connectivity index (χ0v) is 13.3. The molecule has 0 aliphatic rings. The Bertz CT molecular complexity index is 780. The molecule has 2 heterocycles. The van der Waals surface area contributed by atoms with Gasteiger partial charge in [0.25, 0.3) is 5.91 Å². The highest BCUT2D eigenvalue weighted by Crippen LogP contribution is 2.24. The molecule has 3 nitrogen and oxygen atoms in total. The summed E-state index contributed by atoms with van der Waals surface area (Å²) >= 11 is 10.7. The van der Waals surface area contributed by atoms with Crippen LogP contribution in [0.5, 0.6) is 0 Å². The summed E-state index contributed by atoms with van der Waals surface area (Å²) in [5.74, 6) is 0.0718. The lowest BCUT2D eigenvalue weighted by Gasteiger charge is -1.99. The van der Waals surface area contributed by atoms with Crippen molar-refractivity contribution in [2.75, 3.05) is 0 Å². The minimum absolute atomic E-state index is 0.234. The van der Waals surface area contributed by atoms with Crippen molar-refractivity contribution in [1.82, 2.24) is 5.32 Å². The first-order valence-corrected chi connectivity index (χ1v) is 7.82. The van der Waals surface area contributed by atoms with Gasteiger partial charge in [0.15, 0.2) is 5.76 Å². The molecule has 3 aromatic rings. The fourth-order valence-electron chi connectivity index (χ4n) is 1.83. The molecule has 0 aliphatic heterocycles. The topological polar surface area (TPSA) is 42.2 Å². The molecular weight excluding hydrogens is 362 g/mol. The molecule has 3 rings (SSSR count). The molecule has 0 bridgehead atoms. The number of furan rings is 1. The van der Waals surface area contributed by atoms with E-state index in [1.807, 2.05) is 30.3 Å². The molecule has 102 valence electrons. The highest BCUT2D eigenvalue weighted by molar-refractivity contribution is 9.10. The maximum Gasteiger partial charge on any atom is 0.287 e. The molecule has 0 aliphatic carbocycles. The van der Waals surface area contributed by atoms with Crippen molar-refractivity contribution in [2.45, 2.75) is 6.54 Å². The zero-order valence-electron chi connectivity index (χ0n) is 10.2. The predicted molar refractivity (Wildman–Crippen MR) is 84.4 cm³/mol. The van der Waals surface area contributed by atoms with Gasteiger partial charge in [0.05, 0.1) is 10.9 Å². The number of amides is 1. The maximum atomic E-state index is 12.0. The Balaban J connectivity index is 1.75. The number of hydrogen-bond acceptors (Lipinski definition) is 3. The van der Waals surface area contributed by atoms with Gasteiger partial charge in [0.2, 0.25) is 0 Å². The normalized spacial score (nSPS) is 10.9. The summed E-state index contributed by atoms with van der Waals surface area (Å²) in [4.78, 5) is 13.0. The molecule has 0 unspecified atom stereocenters. The van der Waals surface area contributed by atoms with Crippen LogP contribution in [-0.2, 0) is 6.54 Å². The fourth-order valence-corrected chi connectivity index (χ4v) is 3.23. The van der Waals surface area contributed by atoms with Gasteiger partial charge in [-0.3, -0.25) is 4.79 Å². The number of benzene rings is 1. The van der Waals surface area contributed by atoms with Gasteiger partial charge in [-0.25, -0.2) is 0 Å². The van der Waals surface area contributed by atoms with Crippen LogP contribution in [0.2, 0.25) is 4.34 Å². The van der Waals surface area contributed by atoms with Crippen LogP contribution in [0, 0.1) is 0 Å². The molecule has 0 fully saturated rings. The number of halogens is 2. The van der Waals surface area contributed by atoms with E-state index in [1.165, 1.54) is 11.3 Å². The molecule has 0 radical (unpaired) electrons. The summed E-state index contributed by atoms with van der Waals surface area (Å²) in [5.41, 5.74) is 0.692. The van der Waals surface area contributed by atoms with E-state index in [4.69, 9.17) is 16.0 Å². The zero-order chi connectivity index (χ0) is 14.1. The molecule has 1 amide bonds. The summed E-state index contributed by atoms with van der Waals surface area (Å²) in [7, 11) is 0. The molecule has 0 atom stereocenters. The first-order valence-electron chi connectivity index (χ1n) is 5.83. The van der Waals surface area contributed by atoms with Crippen LogP contribution in [0.4, 0.5) is 0 Å². The minimum atomic E-state index is -0.234. The fraction of sp³-hybridized carbons (Fsp3) is 0.0714. The third-order valence-corrected chi connectivity index (χ3v) is 4.48. The standard InChI is InChI=1S/C14H9BrClNO2S/c15-9-1-3-11-8(5-9)6-12(19-11)14(18)17-7-10-2-4-13(16)20-10/h1-6H,7H2,(H,17,18). The molecule has 1 aromatic carbocycles. The van der Waals surface area contributed by atoms with Crippen molar-refractivity contribution < 1.29 is 9.21 Å². The Morgan fingerprint density at radius 3 is 2.90 bits per heavy atom. The number of rotatable bonds is 3. The van der Waals surface area contributed by atoms with Gasteiger partial charge in [-0.1, -0.05) is 27.5 Å². The van der Waals surface area contributed by atoms with Crippen molar-refractivity contribution in [2.24, 2.45) is 0 Å². The van der Waals surface area contributed by atoms with Crippen molar-refractivity contribution in [3.8, 4) is 0 Å². The lowest BCUT2D eigenvalue weighted by Crippen LogP contribution is -2.21. The predicted octanol–water partition coefficient (Wildman–Crippen LogP) is 4.84. The minimum Gasteiger partial charge on any atom is -0.451 e. The number of thiophene rings is 1. The van der Waals surface area contributed by atoms with E-state index in [1.54, 1.807) is 6.07 Å². The molecule has 0 spiro atoms. The lowest BCUT2D eigenvalue weighted by atomic mass is 10.2. The van der Waals surface area contributed by atoms with Crippen LogP contribution in [-0.4, -0.2) is 5.91 Å². The number of carbonyl (C=O) groups is 1. The van der Waals surface area contributed by atoms with Gasteiger partial charge in [0, 0.05) is 14.7 Å². The van der Waals surface area contributed by atoms with Crippen molar-refractivity contribution in [3.05, 3.63) is 55.8 Å². The number of carbonyl (C=O) groups excluding carboxylic acids is 1. The SMILES string of the molecule is O=C(NCc1ccc(Cl)s1)c1cc2cc(Br)ccc2o1. The largest absolute Gasteiger partial charge is 0.451 e. The summed E-state index contributed by atoms with van der Waals surface area (Å²) in [5, 5.41) is 3.70. The third kappa shape index (κ3) is 2.90. The van der Waals surface area contributed by atoms with Crippen molar-refractivity contribution >= 4 is 55.7 Å². The van der Waals surface area contributed by atoms with E-state index in [2.05, 4.69) is 21.2 Å². The van der Waals surface area contributed by atoms with E-state index < -0.39 is 0 Å². The first-order chi connectivity index (χ1) is 9.61. The summed E-state index contributed by atoms with van der Waals surface area (Å²) in [6.07, 6.45) is 0. The van der Waals surface area contributed by atoms with Gasteiger partial charge in [0.1, 0.15) is 5.58 Å². The number of hydrogen-bond donors (Lipinski definition) is 1. The van der Waals surface area contributed by atoms with Gasteiger partial charge in [-0.05, 0) is 36.4 Å². The van der Waals surface area contributed by atoms with Crippen LogP contribution in [0.1, 0.15) is 15.4 Å². The third-order valence-electron chi connectivity index (χ3n) is 2.75. The second-order valence-corrected chi connectivity index (χ2v) is 6.90.